The maximum absolute atomic E-state index is 13.3. The fourth-order valence-electron chi connectivity index (χ4n) is 4.01. The fourth-order valence-corrected chi connectivity index (χ4v) is 6.85. The van der Waals surface area contributed by atoms with E-state index in [9.17, 15) is 13.2 Å². The summed E-state index contributed by atoms with van der Waals surface area (Å²) in [7, 11) is -1.89. The summed E-state index contributed by atoms with van der Waals surface area (Å²) in [4.78, 5) is 17.7. The second kappa shape index (κ2) is 8.44. The minimum Gasteiger partial charge on any atom is -0.319 e. The third-order valence-corrected chi connectivity index (χ3v) is 8.88. The average molecular weight is 498 g/mol. The molecule has 5 rings (SSSR count). The molecule has 0 atom stereocenters. The van der Waals surface area contributed by atoms with Crippen molar-refractivity contribution in [1.82, 2.24) is 4.57 Å². The molecule has 0 bridgehead atoms. The van der Waals surface area contributed by atoms with Crippen LogP contribution in [0, 0.1) is 0 Å². The summed E-state index contributed by atoms with van der Waals surface area (Å²) >= 11 is 7.43. The molecule has 1 aliphatic heterocycles. The van der Waals surface area contributed by atoms with E-state index in [1.165, 1.54) is 39.9 Å². The van der Waals surface area contributed by atoms with E-state index in [1.54, 1.807) is 6.07 Å². The molecular weight excluding hydrogens is 478 g/mol. The normalized spacial score (nSPS) is 14.5. The lowest BCUT2D eigenvalue weighted by molar-refractivity contribution is 0.0998. The van der Waals surface area contributed by atoms with Gasteiger partial charge in [-0.25, -0.2) is 8.42 Å². The number of amides is 1. The third kappa shape index (κ3) is 3.99. The number of sulfonamides is 1. The Kier molecular flexibility index (Phi) is 5.60. The first-order valence-electron chi connectivity index (χ1n) is 10.4. The summed E-state index contributed by atoms with van der Waals surface area (Å²) in [6.45, 7) is 0.432. The van der Waals surface area contributed by atoms with Crippen LogP contribution in [0.3, 0.4) is 0 Å². The van der Waals surface area contributed by atoms with Crippen LogP contribution < -0.4 is 9.11 Å². The smallest absolute Gasteiger partial charge is 0.279 e. The Hall–Kier alpha value is -2.94. The fraction of sp³-hybridized carbons (Fsp3) is 0.167. The number of aromatic nitrogens is 1. The van der Waals surface area contributed by atoms with Crippen LogP contribution in [-0.4, -0.2) is 25.4 Å². The van der Waals surface area contributed by atoms with E-state index in [-0.39, 0.29) is 4.90 Å². The number of hydrogen-bond acceptors (Lipinski definition) is 4. The van der Waals surface area contributed by atoms with Crippen LogP contribution >= 0.6 is 22.9 Å². The number of carbonyl (C=O) groups excluding carboxylic acids is 1. The van der Waals surface area contributed by atoms with Gasteiger partial charge in [-0.3, -0.25) is 9.10 Å². The molecule has 168 valence electrons. The van der Waals surface area contributed by atoms with Crippen LogP contribution in [0.2, 0.25) is 5.02 Å². The monoisotopic (exact) mass is 497 g/mol. The molecule has 0 fully saturated rings. The van der Waals surface area contributed by atoms with Gasteiger partial charge in [-0.05, 0) is 66.9 Å². The van der Waals surface area contributed by atoms with E-state index in [0.717, 1.165) is 34.3 Å². The summed E-state index contributed by atoms with van der Waals surface area (Å²) in [5.41, 5.74) is 2.99. The van der Waals surface area contributed by atoms with Crippen LogP contribution in [0.4, 0.5) is 5.69 Å². The Bertz CT molecular complexity index is 1550. The lowest BCUT2D eigenvalue weighted by Crippen LogP contribution is -2.35. The summed E-state index contributed by atoms with van der Waals surface area (Å²) < 4.78 is 30.8. The van der Waals surface area contributed by atoms with Crippen LogP contribution in [0.1, 0.15) is 22.3 Å². The number of rotatable bonds is 3. The Morgan fingerprint density at radius 3 is 2.61 bits per heavy atom. The van der Waals surface area contributed by atoms with Crippen molar-refractivity contribution in [2.45, 2.75) is 17.7 Å². The molecular formula is C24H20ClN3O3S2. The number of para-hydroxylation sites is 1. The minimum absolute atomic E-state index is 0.151. The first-order chi connectivity index (χ1) is 15.8. The van der Waals surface area contributed by atoms with Gasteiger partial charge in [-0.1, -0.05) is 41.1 Å². The molecule has 3 aromatic carbocycles. The summed E-state index contributed by atoms with van der Waals surface area (Å²) in [6.07, 6.45) is 1.63. The van der Waals surface area contributed by atoms with Gasteiger partial charge in [0.05, 0.1) is 20.8 Å². The molecule has 0 saturated carbocycles. The average Bonchev–Trinajstić information content (AvgIpc) is 3.12. The number of halogens is 1. The van der Waals surface area contributed by atoms with Crippen LogP contribution in [0.25, 0.3) is 10.2 Å². The molecule has 0 radical (unpaired) electrons. The predicted octanol–water partition coefficient (Wildman–Crippen LogP) is 4.78. The first-order valence-corrected chi connectivity index (χ1v) is 13.0. The Labute approximate surface area is 200 Å². The van der Waals surface area contributed by atoms with Gasteiger partial charge in [0.15, 0.2) is 4.80 Å². The molecule has 0 saturated heterocycles. The third-order valence-electron chi connectivity index (χ3n) is 5.73. The quantitative estimate of drug-likeness (QED) is 0.409. The van der Waals surface area contributed by atoms with E-state index in [1.807, 2.05) is 48.0 Å². The van der Waals surface area contributed by atoms with Crippen LogP contribution in [-0.2, 0) is 23.5 Å². The lowest BCUT2D eigenvalue weighted by Gasteiger charge is -2.30. The van der Waals surface area contributed by atoms with E-state index in [4.69, 9.17) is 11.6 Å². The largest absolute Gasteiger partial charge is 0.319 e. The zero-order valence-electron chi connectivity index (χ0n) is 17.7. The van der Waals surface area contributed by atoms with Crippen molar-refractivity contribution in [1.29, 1.82) is 0 Å². The molecule has 1 aromatic heterocycles. The van der Waals surface area contributed by atoms with Crippen molar-refractivity contribution in [2.24, 2.45) is 12.0 Å². The summed E-state index contributed by atoms with van der Waals surface area (Å²) in [5, 5.41) is 0.621. The van der Waals surface area contributed by atoms with Gasteiger partial charge >= 0.3 is 0 Å². The maximum atomic E-state index is 13.3. The standard InChI is InChI=1S/C24H20ClN3O3S2/c1-27-21-13-10-18(25)15-22(21)32-24(27)26-23(29)17-8-11-19(12-9-17)33(30,31)28-14-4-6-16-5-2-3-7-20(16)28/h2-3,5,7-13,15H,4,6,14H2,1H3. The topological polar surface area (TPSA) is 71.7 Å². The molecule has 6 nitrogen and oxygen atoms in total. The zero-order valence-corrected chi connectivity index (χ0v) is 20.1. The van der Waals surface area contributed by atoms with Crippen molar-refractivity contribution in [3.8, 4) is 0 Å². The highest BCUT2D eigenvalue weighted by Crippen LogP contribution is 2.31. The summed E-state index contributed by atoms with van der Waals surface area (Å²) in [5.74, 6) is -0.435. The number of benzene rings is 3. The molecule has 0 unspecified atom stereocenters. The van der Waals surface area contributed by atoms with Crippen LogP contribution in [0.5, 0.6) is 0 Å². The van der Waals surface area contributed by atoms with Gasteiger partial charge in [-0.15, -0.1) is 0 Å². The van der Waals surface area contributed by atoms with Crippen molar-refractivity contribution in [3.05, 3.63) is 87.7 Å². The lowest BCUT2D eigenvalue weighted by atomic mass is 10.0. The van der Waals surface area contributed by atoms with Crippen molar-refractivity contribution in [2.75, 3.05) is 10.8 Å². The van der Waals surface area contributed by atoms with Crippen molar-refractivity contribution >= 4 is 54.8 Å². The van der Waals surface area contributed by atoms with E-state index in [0.29, 0.717) is 21.9 Å². The van der Waals surface area contributed by atoms with E-state index in [2.05, 4.69) is 4.99 Å². The summed E-state index contributed by atoms with van der Waals surface area (Å²) in [6, 6.07) is 19.0. The maximum Gasteiger partial charge on any atom is 0.279 e. The number of nitrogens with zero attached hydrogens (tertiary/aromatic N) is 3. The number of aryl methyl sites for hydroxylation is 2. The van der Waals surface area contributed by atoms with Crippen LogP contribution in [0.15, 0.2) is 76.6 Å². The number of thiazole rings is 1. The highest BCUT2D eigenvalue weighted by Gasteiger charge is 2.28. The highest BCUT2D eigenvalue weighted by molar-refractivity contribution is 7.92. The predicted molar refractivity (Wildman–Crippen MR) is 131 cm³/mol. The van der Waals surface area contributed by atoms with Gasteiger partial charge in [0.1, 0.15) is 0 Å². The van der Waals surface area contributed by atoms with Gasteiger partial charge in [0, 0.05) is 24.2 Å². The van der Waals surface area contributed by atoms with Crippen molar-refractivity contribution in [3.63, 3.8) is 0 Å². The number of anilines is 1. The zero-order chi connectivity index (χ0) is 23.2. The van der Waals surface area contributed by atoms with Crippen molar-refractivity contribution < 1.29 is 13.2 Å². The Morgan fingerprint density at radius 1 is 1.06 bits per heavy atom. The van der Waals surface area contributed by atoms with Gasteiger partial charge < -0.3 is 4.57 Å². The number of hydrogen-bond donors (Lipinski definition) is 0. The molecule has 9 heteroatoms. The SMILES string of the molecule is Cn1c(=NC(=O)c2ccc(S(=O)(=O)N3CCCc4ccccc43)cc2)sc2cc(Cl)ccc21. The second-order valence-corrected chi connectivity index (χ2v) is 11.1. The first kappa shape index (κ1) is 21.9. The second-order valence-electron chi connectivity index (χ2n) is 7.81. The molecule has 0 aliphatic carbocycles. The highest BCUT2D eigenvalue weighted by atomic mass is 35.5. The molecule has 0 N–H and O–H groups in total. The molecule has 1 amide bonds. The van der Waals surface area contributed by atoms with Gasteiger partial charge in [0.2, 0.25) is 0 Å². The molecule has 2 heterocycles. The number of fused-ring (bicyclic) bond motifs is 2. The molecule has 1 aliphatic rings. The van der Waals surface area contributed by atoms with E-state index < -0.39 is 15.9 Å². The molecule has 4 aromatic rings. The van der Waals surface area contributed by atoms with E-state index >= 15 is 0 Å². The molecule has 0 spiro atoms. The number of carbonyl (C=O) groups is 1. The minimum atomic E-state index is -3.73. The van der Waals surface area contributed by atoms with Gasteiger partial charge in [0.25, 0.3) is 15.9 Å². The van der Waals surface area contributed by atoms with Gasteiger partial charge in [-0.2, -0.15) is 4.99 Å². The Balaban J connectivity index is 1.45. The Morgan fingerprint density at radius 2 is 1.82 bits per heavy atom. The molecule has 33 heavy (non-hydrogen) atoms.